The van der Waals surface area contributed by atoms with Gasteiger partial charge in [0.05, 0.1) is 5.69 Å². The Morgan fingerprint density at radius 2 is 2.15 bits per heavy atom. The Balaban J connectivity index is 1.57. The van der Waals surface area contributed by atoms with Crippen LogP contribution in [0.25, 0.3) is 5.69 Å². The molecule has 1 saturated heterocycles. The second-order valence-corrected chi connectivity index (χ2v) is 8.10. The van der Waals surface area contributed by atoms with Crippen molar-refractivity contribution >= 4 is 21.8 Å². The Labute approximate surface area is 158 Å². The van der Waals surface area contributed by atoms with Crippen molar-refractivity contribution < 1.29 is 9.18 Å². The van der Waals surface area contributed by atoms with E-state index in [0.717, 1.165) is 31.4 Å². The first-order valence-corrected chi connectivity index (χ1v) is 9.64. The lowest BCUT2D eigenvalue weighted by atomic mass is 10.0. The van der Waals surface area contributed by atoms with Gasteiger partial charge in [0.15, 0.2) is 0 Å². The predicted octanol–water partition coefficient (Wildman–Crippen LogP) is 2.57. The monoisotopic (exact) mass is 422 g/mol. The topological polar surface area (TPSA) is 71.0 Å². The first-order chi connectivity index (χ1) is 12.4. The molecule has 1 saturated carbocycles. The smallest absolute Gasteiger partial charge is 0.342 e. The molecule has 1 aliphatic carbocycles. The van der Waals surface area contributed by atoms with Crippen LogP contribution in [0.2, 0.25) is 0 Å². The van der Waals surface area contributed by atoms with Crippen LogP contribution in [0.1, 0.15) is 30.7 Å². The largest absolute Gasteiger partial charge is 0.348 e. The van der Waals surface area contributed by atoms with Gasteiger partial charge >= 0.3 is 5.69 Å². The Bertz CT molecular complexity index is 918. The maximum Gasteiger partial charge on any atom is 0.348 e. The van der Waals surface area contributed by atoms with E-state index in [4.69, 9.17) is 0 Å². The van der Waals surface area contributed by atoms with E-state index in [1.165, 1.54) is 10.6 Å². The number of nitrogens with zero attached hydrogens (tertiary/aromatic N) is 3. The highest BCUT2D eigenvalue weighted by atomic mass is 79.9. The molecule has 1 N–H and O–H groups in total. The number of hydrogen-bond acceptors (Lipinski definition) is 3. The van der Waals surface area contributed by atoms with E-state index in [1.54, 1.807) is 6.07 Å². The third-order valence-corrected chi connectivity index (χ3v) is 6.06. The first kappa shape index (κ1) is 17.5. The summed E-state index contributed by atoms with van der Waals surface area (Å²) < 4.78 is 16.4. The fraction of sp³-hybridized carbons (Fsp3) is 0.500. The third kappa shape index (κ3) is 3.22. The summed E-state index contributed by atoms with van der Waals surface area (Å²) in [7, 11) is 0. The third-order valence-electron chi connectivity index (χ3n) is 5.21. The summed E-state index contributed by atoms with van der Waals surface area (Å²) in [5, 5.41) is 6.54. The van der Waals surface area contributed by atoms with Crippen LogP contribution in [-0.2, 0) is 11.2 Å². The van der Waals surface area contributed by atoms with Crippen LogP contribution in [0.4, 0.5) is 4.39 Å². The second kappa shape index (κ2) is 6.64. The number of aromatic nitrogens is 3. The highest BCUT2D eigenvalue weighted by Gasteiger charge is 2.37. The zero-order valence-corrected chi connectivity index (χ0v) is 16.1. The van der Waals surface area contributed by atoms with Crippen LogP contribution in [-0.4, -0.2) is 38.7 Å². The van der Waals surface area contributed by atoms with Gasteiger partial charge in [0.2, 0.25) is 5.91 Å². The van der Waals surface area contributed by atoms with Crippen LogP contribution in [0.5, 0.6) is 0 Å². The molecule has 8 heteroatoms. The minimum absolute atomic E-state index is 0.198. The van der Waals surface area contributed by atoms with E-state index in [0.29, 0.717) is 23.3 Å². The summed E-state index contributed by atoms with van der Waals surface area (Å²) in [6, 6.07) is 3.00. The van der Waals surface area contributed by atoms with Crippen molar-refractivity contribution in [1.29, 1.82) is 0 Å². The molecule has 2 aromatic rings. The van der Waals surface area contributed by atoms with Crippen molar-refractivity contribution in [3.63, 3.8) is 0 Å². The second-order valence-electron chi connectivity index (χ2n) is 7.25. The van der Waals surface area contributed by atoms with E-state index in [1.807, 2.05) is 11.8 Å². The number of hydrogen-bond donors (Lipinski definition) is 1. The summed E-state index contributed by atoms with van der Waals surface area (Å²) in [6.07, 6.45) is 3.41. The summed E-state index contributed by atoms with van der Waals surface area (Å²) in [5.41, 5.74) is 0.579. The molecule has 1 aliphatic heterocycles. The van der Waals surface area contributed by atoms with Crippen molar-refractivity contribution in [3.8, 4) is 5.69 Å². The zero-order valence-electron chi connectivity index (χ0n) is 14.5. The summed E-state index contributed by atoms with van der Waals surface area (Å²) >= 11 is 3.30. The van der Waals surface area contributed by atoms with Gasteiger partial charge < -0.3 is 4.90 Å². The van der Waals surface area contributed by atoms with Gasteiger partial charge in [-0.15, -0.1) is 0 Å². The maximum absolute atomic E-state index is 14.4. The van der Waals surface area contributed by atoms with Crippen LogP contribution >= 0.6 is 15.9 Å². The van der Waals surface area contributed by atoms with Gasteiger partial charge in [0.25, 0.3) is 0 Å². The van der Waals surface area contributed by atoms with Gasteiger partial charge in [-0.05, 0) is 49.8 Å². The molecule has 26 heavy (non-hydrogen) atoms. The molecule has 0 bridgehead atoms. The van der Waals surface area contributed by atoms with E-state index in [2.05, 4.69) is 26.1 Å². The van der Waals surface area contributed by atoms with E-state index in [9.17, 15) is 14.0 Å². The summed E-state index contributed by atoms with van der Waals surface area (Å²) in [4.78, 5) is 26.4. The quantitative estimate of drug-likeness (QED) is 0.822. The Morgan fingerprint density at radius 3 is 2.88 bits per heavy atom. The minimum Gasteiger partial charge on any atom is -0.342 e. The van der Waals surface area contributed by atoms with Crippen molar-refractivity contribution in [1.82, 2.24) is 19.7 Å². The lowest BCUT2D eigenvalue weighted by Gasteiger charge is -2.16. The lowest BCUT2D eigenvalue weighted by molar-refractivity contribution is -0.131. The highest BCUT2D eigenvalue weighted by molar-refractivity contribution is 9.10. The van der Waals surface area contributed by atoms with Crippen molar-refractivity contribution in [2.75, 3.05) is 13.1 Å². The predicted molar refractivity (Wildman–Crippen MR) is 97.7 cm³/mol. The van der Waals surface area contributed by atoms with E-state index >= 15 is 0 Å². The van der Waals surface area contributed by atoms with Crippen molar-refractivity contribution in [3.05, 3.63) is 44.3 Å². The molecule has 6 nitrogen and oxygen atoms in total. The Kier molecular flexibility index (Phi) is 4.46. The maximum atomic E-state index is 14.4. The number of likely N-dealkylation sites (tertiary alicyclic amines) is 1. The number of carbonyl (C=O) groups is 1. The molecule has 0 unspecified atom stereocenters. The number of rotatable bonds is 4. The molecule has 1 amide bonds. The van der Waals surface area contributed by atoms with Crippen LogP contribution < -0.4 is 5.69 Å². The number of halogens is 2. The number of benzene rings is 1. The van der Waals surface area contributed by atoms with E-state index < -0.39 is 11.5 Å². The molecule has 0 radical (unpaired) electrons. The molecular formula is C18H20BrFN4O2. The van der Waals surface area contributed by atoms with Gasteiger partial charge in [-0.3, -0.25) is 4.79 Å². The lowest BCUT2D eigenvalue weighted by Crippen LogP contribution is -2.30. The molecule has 2 aliphatic rings. The SMILES string of the molecule is Cc1cc(-n2c(C[C@@H]3CCN(C(=O)C4CC4)C3)n[nH]c2=O)c(F)cc1Br. The summed E-state index contributed by atoms with van der Waals surface area (Å²) in [6.45, 7) is 3.27. The average Bonchev–Trinajstić information content (AvgIpc) is 3.25. The number of aromatic amines is 1. The molecule has 138 valence electrons. The first-order valence-electron chi connectivity index (χ1n) is 8.85. The van der Waals surface area contributed by atoms with Gasteiger partial charge in [-0.2, -0.15) is 5.10 Å². The summed E-state index contributed by atoms with van der Waals surface area (Å²) in [5.74, 6) is 0.718. The number of carbonyl (C=O) groups excluding carboxylic acids is 1. The van der Waals surface area contributed by atoms with Crippen LogP contribution in [0.3, 0.4) is 0 Å². The Hall–Kier alpha value is -1.96. The van der Waals surface area contributed by atoms with Crippen molar-refractivity contribution in [2.24, 2.45) is 11.8 Å². The highest BCUT2D eigenvalue weighted by Crippen LogP contribution is 2.33. The number of aryl methyl sites for hydroxylation is 1. The molecule has 1 aromatic heterocycles. The van der Waals surface area contributed by atoms with E-state index in [-0.39, 0.29) is 23.4 Å². The van der Waals surface area contributed by atoms with Gasteiger partial charge in [-0.1, -0.05) is 15.9 Å². The van der Waals surface area contributed by atoms with Gasteiger partial charge in [0, 0.05) is 29.9 Å². The fourth-order valence-corrected chi connectivity index (χ4v) is 3.89. The average molecular weight is 423 g/mol. The molecule has 2 heterocycles. The normalized spacial score (nSPS) is 20.0. The number of H-pyrrole nitrogens is 1. The molecular weight excluding hydrogens is 403 g/mol. The van der Waals surface area contributed by atoms with Gasteiger partial charge in [-0.25, -0.2) is 18.9 Å². The fourth-order valence-electron chi connectivity index (χ4n) is 3.57. The molecule has 1 aromatic carbocycles. The van der Waals surface area contributed by atoms with Crippen molar-refractivity contribution in [2.45, 2.75) is 32.6 Å². The van der Waals surface area contributed by atoms with Crippen LogP contribution in [0, 0.1) is 24.6 Å². The molecule has 0 spiro atoms. The standard InChI is InChI=1S/C18H20BrFN4O2/c1-10-6-15(14(20)8-13(10)19)24-16(21-22-18(24)26)7-11-4-5-23(9-11)17(25)12-2-3-12/h6,8,11-12H,2-5,7,9H2,1H3,(H,22,26)/t11-/m0/s1. The minimum atomic E-state index is -0.482. The molecule has 2 fully saturated rings. The van der Waals surface area contributed by atoms with Crippen LogP contribution in [0.15, 0.2) is 21.4 Å². The zero-order chi connectivity index (χ0) is 18.4. The Morgan fingerprint density at radius 1 is 1.38 bits per heavy atom. The van der Waals surface area contributed by atoms with Gasteiger partial charge in [0.1, 0.15) is 11.6 Å². The number of amides is 1. The molecule has 4 rings (SSSR count). The molecule has 1 atom stereocenters. The number of nitrogens with one attached hydrogen (secondary N) is 1.